The molecule has 3 heterocycles. The number of aryl methyl sites for hydroxylation is 1. The lowest BCUT2D eigenvalue weighted by Crippen LogP contribution is -2.49. The molecule has 4 nitrogen and oxygen atoms in total. The molecule has 112 valence electrons. The summed E-state index contributed by atoms with van der Waals surface area (Å²) in [6.45, 7) is 5.61. The summed E-state index contributed by atoms with van der Waals surface area (Å²) in [6, 6.07) is 0.552. The van der Waals surface area contributed by atoms with Crippen molar-refractivity contribution in [2.45, 2.75) is 57.2 Å². The van der Waals surface area contributed by atoms with Gasteiger partial charge in [-0.05, 0) is 32.1 Å². The largest absolute Gasteiger partial charge is 0.381 e. The Morgan fingerprint density at radius 3 is 3.00 bits per heavy atom. The van der Waals surface area contributed by atoms with Crippen molar-refractivity contribution < 1.29 is 9.47 Å². The monoisotopic (exact) mass is 296 g/mol. The van der Waals surface area contributed by atoms with E-state index in [0.717, 1.165) is 58.5 Å². The third-order valence-electron chi connectivity index (χ3n) is 4.40. The molecule has 0 amide bonds. The van der Waals surface area contributed by atoms with Crippen LogP contribution in [-0.2, 0) is 22.4 Å². The summed E-state index contributed by atoms with van der Waals surface area (Å²) in [5.41, 5.74) is 1.28. The molecular weight excluding hydrogens is 272 g/mol. The minimum Gasteiger partial charge on any atom is -0.381 e. The molecule has 2 aliphatic rings. The second-order valence-corrected chi connectivity index (χ2v) is 6.74. The Hall–Kier alpha value is -0.490. The highest BCUT2D eigenvalue weighted by atomic mass is 32.1. The molecule has 0 radical (unpaired) electrons. The number of thiazole rings is 1. The van der Waals surface area contributed by atoms with E-state index in [1.54, 1.807) is 11.3 Å². The molecule has 1 aromatic rings. The van der Waals surface area contributed by atoms with Crippen LogP contribution in [0.15, 0.2) is 5.38 Å². The van der Waals surface area contributed by atoms with Gasteiger partial charge < -0.3 is 14.8 Å². The fourth-order valence-electron chi connectivity index (χ4n) is 3.12. The van der Waals surface area contributed by atoms with E-state index in [-0.39, 0.29) is 5.60 Å². The van der Waals surface area contributed by atoms with Crippen LogP contribution in [0.5, 0.6) is 0 Å². The molecule has 20 heavy (non-hydrogen) atoms. The summed E-state index contributed by atoms with van der Waals surface area (Å²) in [6.07, 6.45) is 5.33. The molecule has 1 atom stereocenters. The van der Waals surface area contributed by atoms with Crippen LogP contribution in [-0.4, -0.2) is 36.4 Å². The first-order valence-corrected chi connectivity index (χ1v) is 8.56. The van der Waals surface area contributed by atoms with Crippen molar-refractivity contribution in [2.75, 3.05) is 19.8 Å². The van der Waals surface area contributed by atoms with Gasteiger partial charge in [0.15, 0.2) is 0 Å². The Balaban J connectivity index is 1.52. The summed E-state index contributed by atoms with van der Waals surface area (Å²) in [5.74, 6) is 0. The number of hydrogen-bond donors (Lipinski definition) is 1. The predicted molar refractivity (Wildman–Crippen MR) is 80.1 cm³/mol. The lowest BCUT2D eigenvalue weighted by molar-refractivity contribution is -0.140. The van der Waals surface area contributed by atoms with Crippen LogP contribution in [0.1, 0.15) is 43.3 Å². The first-order chi connectivity index (χ1) is 9.80. The Morgan fingerprint density at radius 1 is 1.40 bits per heavy atom. The second-order valence-electron chi connectivity index (χ2n) is 5.80. The number of ether oxygens (including phenoxy) is 2. The summed E-state index contributed by atoms with van der Waals surface area (Å²) >= 11 is 1.76. The second kappa shape index (κ2) is 6.52. The molecule has 2 saturated heterocycles. The summed E-state index contributed by atoms with van der Waals surface area (Å²) in [7, 11) is 0. The molecule has 0 aliphatic carbocycles. The molecule has 3 rings (SSSR count). The third kappa shape index (κ3) is 3.39. The van der Waals surface area contributed by atoms with E-state index in [2.05, 4.69) is 22.6 Å². The van der Waals surface area contributed by atoms with Crippen LogP contribution in [0, 0.1) is 0 Å². The molecule has 1 spiro atoms. The smallest absolute Gasteiger partial charge is 0.107 e. The van der Waals surface area contributed by atoms with Gasteiger partial charge in [-0.1, -0.05) is 6.92 Å². The number of nitrogens with one attached hydrogen (secondary N) is 1. The van der Waals surface area contributed by atoms with Crippen molar-refractivity contribution in [1.82, 2.24) is 10.3 Å². The zero-order valence-electron chi connectivity index (χ0n) is 12.2. The maximum Gasteiger partial charge on any atom is 0.107 e. The van der Waals surface area contributed by atoms with Gasteiger partial charge in [0.2, 0.25) is 0 Å². The first kappa shape index (κ1) is 14.4. The van der Waals surface area contributed by atoms with E-state index in [1.807, 2.05) is 0 Å². The van der Waals surface area contributed by atoms with Crippen molar-refractivity contribution in [3.8, 4) is 0 Å². The van der Waals surface area contributed by atoms with E-state index in [4.69, 9.17) is 9.47 Å². The Labute approximate surface area is 124 Å². The van der Waals surface area contributed by atoms with Crippen LogP contribution in [0.3, 0.4) is 0 Å². The van der Waals surface area contributed by atoms with E-state index in [1.165, 1.54) is 10.7 Å². The summed E-state index contributed by atoms with van der Waals surface area (Å²) < 4.78 is 11.5. The average molecular weight is 296 g/mol. The van der Waals surface area contributed by atoms with E-state index in [9.17, 15) is 0 Å². The molecule has 2 aliphatic heterocycles. The number of hydrogen-bond acceptors (Lipinski definition) is 5. The molecule has 2 fully saturated rings. The van der Waals surface area contributed by atoms with Crippen LogP contribution >= 0.6 is 11.3 Å². The predicted octanol–water partition coefficient (Wildman–Crippen LogP) is 2.52. The van der Waals surface area contributed by atoms with Crippen molar-refractivity contribution in [3.05, 3.63) is 16.1 Å². The van der Waals surface area contributed by atoms with Gasteiger partial charge in [0.25, 0.3) is 0 Å². The van der Waals surface area contributed by atoms with Gasteiger partial charge in [-0.2, -0.15) is 0 Å². The standard InChI is InChI=1S/C15H24N2O2S/c1-2-12-11-20-14(17-12)10-16-13-3-6-19-15(9-13)4-7-18-8-5-15/h11,13,16H,2-10H2,1H3/t13-/m1/s1. The topological polar surface area (TPSA) is 43.4 Å². The van der Waals surface area contributed by atoms with Gasteiger partial charge in [0, 0.05) is 37.8 Å². The fourth-order valence-corrected chi connectivity index (χ4v) is 3.95. The zero-order chi connectivity index (χ0) is 13.8. The lowest BCUT2D eigenvalue weighted by Gasteiger charge is -2.43. The quantitative estimate of drug-likeness (QED) is 0.927. The number of aromatic nitrogens is 1. The SMILES string of the molecule is CCc1csc(CN[C@@H]2CCOC3(CCOCC3)C2)n1. The molecule has 1 aromatic heterocycles. The highest BCUT2D eigenvalue weighted by molar-refractivity contribution is 7.09. The van der Waals surface area contributed by atoms with Crippen LogP contribution in [0.25, 0.3) is 0 Å². The van der Waals surface area contributed by atoms with Gasteiger partial charge in [0.05, 0.1) is 11.3 Å². The highest BCUT2D eigenvalue weighted by Gasteiger charge is 2.38. The van der Waals surface area contributed by atoms with Gasteiger partial charge in [-0.15, -0.1) is 11.3 Å². The van der Waals surface area contributed by atoms with Crippen LogP contribution in [0.2, 0.25) is 0 Å². The number of nitrogens with zero attached hydrogens (tertiary/aromatic N) is 1. The van der Waals surface area contributed by atoms with Crippen molar-refractivity contribution >= 4 is 11.3 Å². The fraction of sp³-hybridized carbons (Fsp3) is 0.800. The lowest BCUT2D eigenvalue weighted by atomic mass is 9.84. The van der Waals surface area contributed by atoms with Gasteiger partial charge in [-0.3, -0.25) is 0 Å². The van der Waals surface area contributed by atoms with Crippen molar-refractivity contribution in [3.63, 3.8) is 0 Å². The molecule has 0 aromatic carbocycles. The van der Waals surface area contributed by atoms with Gasteiger partial charge in [-0.25, -0.2) is 4.98 Å². The molecule has 0 unspecified atom stereocenters. The maximum absolute atomic E-state index is 6.08. The minimum atomic E-state index is 0.0750. The molecule has 1 N–H and O–H groups in total. The van der Waals surface area contributed by atoms with Crippen molar-refractivity contribution in [1.29, 1.82) is 0 Å². The summed E-state index contributed by atoms with van der Waals surface area (Å²) in [5, 5.41) is 7.04. The Kier molecular flexibility index (Phi) is 4.71. The van der Waals surface area contributed by atoms with Gasteiger partial charge in [0.1, 0.15) is 5.01 Å². The molecular formula is C15H24N2O2S. The molecule has 0 saturated carbocycles. The first-order valence-electron chi connectivity index (χ1n) is 7.68. The normalized spacial score (nSPS) is 25.9. The van der Waals surface area contributed by atoms with Crippen LogP contribution < -0.4 is 5.32 Å². The van der Waals surface area contributed by atoms with E-state index >= 15 is 0 Å². The average Bonchev–Trinajstić information content (AvgIpc) is 2.94. The summed E-state index contributed by atoms with van der Waals surface area (Å²) in [4.78, 5) is 4.62. The van der Waals surface area contributed by atoms with Crippen molar-refractivity contribution in [2.24, 2.45) is 0 Å². The Bertz CT molecular complexity index is 424. The maximum atomic E-state index is 6.08. The number of rotatable bonds is 4. The van der Waals surface area contributed by atoms with Crippen LogP contribution in [0.4, 0.5) is 0 Å². The Morgan fingerprint density at radius 2 is 2.25 bits per heavy atom. The molecule has 5 heteroatoms. The van der Waals surface area contributed by atoms with E-state index < -0.39 is 0 Å². The van der Waals surface area contributed by atoms with Gasteiger partial charge >= 0.3 is 0 Å². The minimum absolute atomic E-state index is 0.0750. The zero-order valence-corrected chi connectivity index (χ0v) is 13.0. The molecule has 0 bridgehead atoms. The van der Waals surface area contributed by atoms with E-state index in [0.29, 0.717) is 6.04 Å². The third-order valence-corrected chi connectivity index (χ3v) is 5.30. The highest BCUT2D eigenvalue weighted by Crippen LogP contribution is 2.34.